The highest BCUT2D eigenvalue weighted by Crippen LogP contribution is 2.25. The van der Waals surface area contributed by atoms with Crippen molar-refractivity contribution in [1.82, 2.24) is 0 Å². The molecule has 0 saturated carbocycles. The maximum atomic E-state index is 11.4. The number of Topliss-reactive ketones (excluding diaryl/α,β-unsaturated/α-hetero) is 1. The number of nitro groups is 1. The van der Waals surface area contributed by atoms with Crippen LogP contribution < -0.4 is 4.74 Å². The van der Waals surface area contributed by atoms with Gasteiger partial charge in [-0.25, -0.2) is 0 Å². The number of non-ortho nitro benzene ring substituents is 1. The van der Waals surface area contributed by atoms with Gasteiger partial charge in [-0.15, -0.1) is 0 Å². The number of rotatable bonds is 5. The van der Waals surface area contributed by atoms with Gasteiger partial charge in [0.25, 0.3) is 5.69 Å². The van der Waals surface area contributed by atoms with Crippen LogP contribution >= 0.6 is 0 Å². The summed E-state index contributed by atoms with van der Waals surface area (Å²) in [7, 11) is 0. The Morgan fingerprint density at radius 3 is 2.71 bits per heavy atom. The smallest absolute Gasteiger partial charge is 0.270 e. The van der Waals surface area contributed by atoms with Crippen molar-refractivity contribution in [2.24, 2.45) is 0 Å². The second-order valence-corrected chi connectivity index (χ2v) is 3.55. The van der Waals surface area contributed by atoms with E-state index in [1.165, 1.54) is 25.1 Å². The molecule has 17 heavy (non-hydrogen) atoms. The van der Waals surface area contributed by atoms with Crippen LogP contribution in [0.1, 0.15) is 24.2 Å². The molecule has 1 rings (SSSR count). The van der Waals surface area contributed by atoms with E-state index in [0.29, 0.717) is 5.75 Å². The molecule has 0 aliphatic rings. The molecular formula is C12H13NO4. The minimum atomic E-state index is -0.548. The van der Waals surface area contributed by atoms with Gasteiger partial charge in [-0.05, 0) is 19.9 Å². The van der Waals surface area contributed by atoms with Crippen molar-refractivity contribution < 1.29 is 14.5 Å². The van der Waals surface area contributed by atoms with E-state index in [2.05, 4.69) is 6.58 Å². The Kier molecular flexibility index (Phi) is 3.98. The maximum absolute atomic E-state index is 11.4. The second-order valence-electron chi connectivity index (χ2n) is 3.55. The van der Waals surface area contributed by atoms with Crippen molar-refractivity contribution in [3.05, 3.63) is 46.5 Å². The Bertz CT molecular complexity index is 468. The van der Waals surface area contributed by atoms with Crippen molar-refractivity contribution in [3.63, 3.8) is 0 Å². The number of nitro benzene ring substituents is 1. The van der Waals surface area contributed by atoms with Gasteiger partial charge in [-0.2, -0.15) is 0 Å². The summed E-state index contributed by atoms with van der Waals surface area (Å²) >= 11 is 0. The first-order valence-corrected chi connectivity index (χ1v) is 5.04. The van der Waals surface area contributed by atoms with Crippen LogP contribution in [0.2, 0.25) is 0 Å². The molecule has 1 aromatic carbocycles. The summed E-state index contributed by atoms with van der Waals surface area (Å²) in [5.41, 5.74) is 0.0710. The van der Waals surface area contributed by atoms with Gasteiger partial charge in [0.05, 0.1) is 10.5 Å². The van der Waals surface area contributed by atoms with Crippen LogP contribution in [0.15, 0.2) is 30.9 Å². The summed E-state index contributed by atoms with van der Waals surface area (Å²) in [5, 5.41) is 10.6. The largest absolute Gasteiger partial charge is 0.486 e. The average molecular weight is 235 g/mol. The predicted molar refractivity (Wildman–Crippen MR) is 63.4 cm³/mol. The highest BCUT2D eigenvalue weighted by Gasteiger charge is 2.15. The number of ketones is 1. The van der Waals surface area contributed by atoms with Gasteiger partial charge >= 0.3 is 0 Å². The summed E-state index contributed by atoms with van der Waals surface area (Å²) in [4.78, 5) is 21.4. The minimum absolute atomic E-state index is 0.131. The summed E-state index contributed by atoms with van der Waals surface area (Å²) < 4.78 is 5.43. The fraction of sp³-hybridized carbons (Fsp3) is 0.250. The zero-order valence-electron chi connectivity index (χ0n) is 9.67. The maximum Gasteiger partial charge on any atom is 0.270 e. The topological polar surface area (TPSA) is 69.4 Å². The van der Waals surface area contributed by atoms with E-state index in [0.717, 1.165) is 0 Å². The molecule has 1 atom stereocenters. The molecule has 5 nitrogen and oxygen atoms in total. The van der Waals surface area contributed by atoms with Crippen molar-refractivity contribution in [2.75, 3.05) is 0 Å². The summed E-state index contributed by atoms with van der Waals surface area (Å²) in [6, 6.07) is 3.94. The summed E-state index contributed by atoms with van der Waals surface area (Å²) in [6.45, 7) is 6.66. The van der Waals surface area contributed by atoms with Crippen molar-refractivity contribution in [3.8, 4) is 5.75 Å². The molecule has 0 amide bonds. The van der Waals surface area contributed by atoms with Gasteiger partial charge < -0.3 is 4.74 Å². The third-order valence-corrected chi connectivity index (χ3v) is 2.20. The number of ether oxygens (including phenoxy) is 1. The molecule has 0 aromatic heterocycles. The Labute approximate surface area is 98.9 Å². The second kappa shape index (κ2) is 5.25. The van der Waals surface area contributed by atoms with E-state index in [1.807, 2.05) is 0 Å². The average Bonchev–Trinajstić information content (AvgIpc) is 2.28. The van der Waals surface area contributed by atoms with Gasteiger partial charge in [-0.3, -0.25) is 14.9 Å². The van der Waals surface area contributed by atoms with E-state index in [9.17, 15) is 14.9 Å². The number of carbonyl (C=O) groups is 1. The molecule has 0 N–H and O–H groups in total. The molecule has 1 unspecified atom stereocenters. The van der Waals surface area contributed by atoms with Crippen LogP contribution in [0.5, 0.6) is 5.75 Å². The lowest BCUT2D eigenvalue weighted by Crippen LogP contribution is -2.10. The first kappa shape index (κ1) is 12.9. The standard InChI is InChI=1S/C12H13NO4/c1-4-8(2)17-12-6-5-10(13(15)16)7-11(12)9(3)14/h4-8H,1H2,2-3H3. The normalized spacial score (nSPS) is 11.6. The summed E-state index contributed by atoms with van der Waals surface area (Å²) in [6.07, 6.45) is 1.31. The van der Waals surface area contributed by atoms with Gasteiger partial charge in [0.2, 0.25) is 0 Å². The summed E-state index contributed by atoms with van der Waals surface area (Å²) in [5.74, 6) is 0.0514. The fourth-order valence-electron chi connectivity index (χ4n) is 1.26. The molecule has 90 valence electrons. The molecule has 0 saturated heterocycles. The van der Waals surface area contributed by atoms with Crippen LogP contribution in [-0.4, -0.2) is 16.8 Å². The Morgan fingerprint density at radius 2 is 2.24 bits per heavy atom. The van der Waals surface area contributed by atoms with Crippen LogP contribution in [0.3, 0.4) is 0 Å². The van der Waals surface area contributed by atoms with Crippen molar-refractivity contribution in [2.45, 2.75) is 20.0 Å². The van der Waals surface area contributed by atoms with Crippen molar-refractivity contribution >= 4 is 11.5 Å². The molecular weight excluding hydrogens is 222 g/mol. The van der Waals surface area contributed by atoms with Gasteiger partial charge in [0, 0.05) is 12.1 Å². The molecule has 0 aliphatic carbocycles. The molecule has 0 aliphatic heterocycles. The fourth-order valence-corrected chi connectivity index (χ4v) is 1.26. The van der Waals surface area contributed by atoms with Crippen LogP contribution in [0.25, 0.3) is 0 Å². The van der Waals surface area contributed by atoms with Crippen LogP contribution in [-0.2, 0) is 0 Å². The Balaban J connectivity index is 3.17. The molecule has 0 spiro atoms. The lowest BCUT2D eigenvalue weighted by atomic mass is 10.1. The lowest BCUT2D eigenvalue weighted by molar-refractivity contribution is -0.384. The van der Waals surface area contributed by atoms with E-state index >= 15 is 0 Å². The van der Waals surface area contributed by atoms with E-state index in [-0.39, 0.29) is 23.1 Å². The van der Waals surface area contributed by atoms with Crippen LogP contribution in [0, 0.1) is 10.1 Å². The first-order chi connectivity index (χ1) is 7.95. The predicted octanol–water partition coefficient (Wildman–Crippen LogP) is 2.75. The third-order valence-electron chi connectivity index (χ3n) is 2.20. The quantitative estimate of drug-likeness (QED) is 0.340. The molecule has 5 heteroatoms. The number of hydrogen-bond acceptors (Lipinski definition) is 4. The number of nitrogens with zero attached hydrogens (tertiary/aromatic N) is 1. The molecule has 1 aromatic rings. The Hall–Kier alpha value is -2.17. The zero-order valence-corrected chi connectivity index (χ0v) is 9.67. The zero-order chi connectivity index (χ0) is 13.0. The lowest BCUT2D eigenvalue weighted by Gasteiger charge is -2.13. The molecule has 0 bridgehead atoms. The molecule has 0 radical (unpaired) electrons. The van der Waals surface area contributed by atoms with E-state index in [1.54, 1.807) is 13.0 Å². The number of carbonyl (C=O) groups excluding carboxylic acids is 1. The number of benzene rings is 1. The molecule has 0 heterocycles. The van der Waals surface area contributed by atoms with Gasteiger partial charge in [0.15, 0.2) is 5.78 Å². The van der Waals surface area contributed by atoms with E-state index in [4.69, 9.17) is 4.74 Å². The van der Waals surface area contributed by atoms with Crippen LogP contribution in [0.4, 0.5) is 5.69 Å². The first-order valence-electron chi connectivity index (χ1n) is 5.04. The van der Waals surface area contributed by atoms with E-state index < -0.39 is 4.92 Å². The van der Waals surface area contributed by atoms with Gasteiger partial charge in [-0.1, -0.05) is 12.7 Å². The SMILES string of the molecule is C=CC(C)Oc1ccc([N+](=O)[O-])cc1C(C)=O. The van der Waals surface area contributed by atoms with Crippen molar-refractivity contribution in [1.29, 1.82) is 0 Å². The number of hydrogen-bond donors (Lipinski definition) is 0. The monoisotopic (exact) mass is 235 g/mol. The highest BCUT2D eigenvalue weighted by molar-refractivity contribution is 5.97. The third kappa shape index (κ3) is 3.14. The minimum Gasteiger partial charge on any atom is -0.486 e. The highest BCUT2D eigenvalue weighted by atomic mass is 16.6. The Morgan fingerprint density at radius 1 is 1.59 bits per heavy atom. The van der Waals surface area contributed by atoms with Gasteiger partial charge in [0.1, 0.15) is 11.9 Å². The molecule has 0 fully saturated rings.